The van der Waals surface area contributed by atoms with Crippen LogP contribution < -0.4 is 9.04 Å². The van der Waals surface area contributed by atoms with Crippen LogP contribution in [0.5, 0.6) is 5.75 Å². The smallest absolute Gasteiger partial charge is 0.264 e. The fourth-order valence-electron chi connectivity index (χ4n) is 2.09. The first-order valence-corrected chi connectivity index (χ1v) is 8.55. The number of hydrogen-bond donors (Lipinski definition) is 0. The van der Waals surface area contributed by atoms with Crippen LogP contribution in [0.4, 0.5) is 10.1 Å². The molecule has 0 saturated carbocycles. The summed E-state index contributed by atoms with van der Waals surface area (Å²) in [4.78, 5) is 0.0488. The SMILES string of the molecule is C=CCOc1ccc(N(CC)S(=O)(=O)c2ccc(F)cc2)cc1. The third-order valence-corrected chi connectivity index (χ3v) is 5.10. The minimum Gasteiger partial charge on any atom is -0.490 e. The topological polar surface area (TPSA) is 46.6 Å². The van der Waals surface area contributed by atoms with Gasteiger partial charge in [0.05, 0.1) is 10.6 Å². The lowest BCUT2D eigenvalue weighted by atomic mass is 10.3. The molecule has 0 atom stereocenters. The van der Waals surface area contributed by atoms with Crippen LogP contribution in [0.3, 0.4) is 0 Å². The summed E-state index contributed by atoms with van der Waals surface area (Å²) >= 11 is 0. The predicted molar refractivity (Wildman–Crippen MR) is 88.7 cm³/mol. The molecule has 0 radical (unpaired) electrons. The average molecular weight is 335 g/mol. The largest absolute Gasteiger partial charge is 0.490 e. The van der Waals surface area contributed by atoms with Crippen LogP contribution in [-0.2, 0) is 10.0 Å². The fraction of sp³-hybridized carbons (Fsp3) is 0.176. The second-order valence-electron chi connectivity index (χ2n) is 4.72. The standard InChI is InChI=1S/C17H18FNO3S/c1-3-13-22-16-9-7-15(8-10-16)19(4-2)23(20,21)17-11-5-14(18)6-12-17/h3,5-12H,1,4,13H2,2H3. The maximum absolute atomic E-state index is 13.0. The number of benzene rings is 2. The zero-order valence-electron chi connectivity index (χ0n) is 12.8. The molecule has 2 aromatic carbocycles. The maximum atomic E-state index is 13.0. The van der Waals surface area contributed by atoms with Gasteiger partial charge in [0.1, 0.15) is 18.2 Å². The van der Waals surface area contributed by atoms with Gasteiger partial charge in [-0.05, 0) is 55.5 Å². The highest BCUT2D eigenvalue weighted by Crippen LogP contribution is 2.25. The van der Waals surface area contributed by atoms with Gasteiger partial charge in [-0.25, -0.2) is 12.8 Å². The van der Waals surface area contributed by atoms with E-state index in [4.69, 9.17) is 4.74 Å². The van der Waals surface area contributed by atoms with Crippen LogP contribution in [0.15, 0.2) is 66.1 Å². The summed E-state index contributed by atoms with van der Waals surface area (Å²) in [6, 6.07) is 11.5. The Labute approximate surface area is 135 Å². The van der Waals surface area contributed by atoms with Gasteiger partial charge in [-0.2, -0.15) is 0 Å². The van der Waals surface area contributed by atoms with Crippen LogP contribution in [0, 0.1) is 5.82 Å². The predicted octanol–water partition coefficient (Wildman–Crippen LogP) is 3.61. The highest BCUT2D eigenvalue weighted by atomic mass is 32.2. The van der Waals surface area contributed by atoms with Gasteiger partial charge in [-0.15, -0.1) is 0 Å². The van der Waals surface area contributed by atoms with Gasteiger partial charge in [0.2, 0.25) is 0 Å². The van der Waals surface area contributed by atoms with Gasteiger partial charge in [0, 0.05) is 6.54 Å². The molecule has 0 bridgehead atoms. The normalized spacial score (nSPS) is 11.0. The van der Waals surface area contributed by atoms with Crippen molar-refractivity contribution in [3.05, 3.63) is 67.0 Å². The lowest BCUT2D eigenvalue weighted by Gasteiger charge is -2.23. The molecule has 0 aliphatic carbocycles. The van der Waals surface area contributed by atoms with Crippen molar-refractivity contribution in [1.82, 2.24) is 0 Å². The van der Waals surface area contributed by atoms with E-state index in [-0.39, 0.29) is 11.4 Å². The van der Waals surface area contributed by atoms with Gasteiger partial charge in [-0.3, -0.25) is 4.31 Å². The molecule has 0 amide bonds. The fourth-order valence-corrected chi connectivity index (χ4v) is 3.56. The molecule has 0 spiro atoms. The minimum absolute atomic E-state index is 0.0488. The summed E-state index contributed by atoms with van der Waals surface area (Å²) in [6.07, 6.45) is 1.63. The Morgan fingerprint density at radius 2 is 1.74 bits per heavy atom. The summed E-state index contributed by atoms with van der Waals surface area (Å²) in [5, 5.41) is 0. The molecule has 0 saturated heterocycles. The number of ether oxygens (including phenoxy) is 1. The van der Waals surface area contributed by atoms with Crippen LogP contribution in [0.25, 0.3) is 0 Å². The van der Waals surface area contributed by atoms with Gasteiger partial charge in [-0.1, -0.05) is 12.7 Å². The number of halogens is 1. The first-order valence-electron chi connectivity index (χ1n) is 7.11. The van der Waals surface area contributed by atoms with E-state index in [9.17, 15) is 12.8 Å². The third-order valence-electron chi connectivity index (χ3n) is 3.18. The summed E-state index contributed by atoms with van der Waals surface area (Å²) in [6.45, 7) is 5.94. The van der Waals surface area contributed by atoms with Crippen molar-refractivity contribution in [1.29, 1.82) is 0 Å². The molecule has 0 aromatic heterocycles. The van der Waals surface area contributed by atoms with E-state index in [1.54, 1.807) is 37.3 Å². The van der Waals surface area contributed by atoms with Crippen molar-refractivity contribution < 1.29 is 17.5 Å². The highest BCUT2D eigenvalue weighted by Gasteiger charge is 2.23. The molecule has 6 heteroatoms. The minimum atomic E-state index is -3.74. The summed E-state index contributed by atoms with van der Waals surface area (Å²) in [5.41, 5.74) is 0.516. The van der Waals surface area contributed by atoms with Crippen LogP contribution in [0.2, 0.25) is 0 Å². The van der Waals surface area contributed by atoms with E-state index in [0.717, 1.165) is 12.1 Å². The molecule has 4 nitrogen and oxygen atoms in total. The summed E-state index contributed by atoms with van der Waals surface area (Å²) in [7, 11) is -3.74. The Balaban J connectivity index is 2.31. The first kappa shape index (κ1) is 17.0. The molecule has 0 fully saturated rings. The molecule has 122 valence electrons. The number of rotatable bonds is 7. The van der Waals surface area contributed by atoms with Gasteiger partial charge < -0.3 is 4.74 Å². The summed E-state index contributed by atoms with van der Waals surface area (Å²) < 4.78 is 45.0. The van der Waals surface area contributed by atoms with E-state index in [2.05, 4.69) is 6.58 Å². The van der Waals surface area contributed by atoms with Gasteiger partial charge in [0.15, 0.2) is 0 Å². The molecule has 23 heavy (non-hydrogen) atoms. The molecule has 2 aromatic rings. The Hall–Kier alpha value is -2.34. The van der Waals surface area contributed by atoms with Crippen molar-refractivity contribution >= 4 is 15.7 Å². The molecule has 0 unspecified atom stereocenters. The molecule has 0 aliphatic heterocycles. The number of nitrogens with zero attached hydrogens (tertiary/aromatic N) is 1. The van der Waals surface area contributed by atoms with E-state index in [1.165, 1.54) is 16.4 Å². The summed E-state index contributed by atoms with van der Waals surface area (Å²) in [5.74, 6) is 0.152. The van der Waals surface area contributed by atoms with E-state index in [0.29, 0.717) is 18.0 Å². The highest BCUT2D eigenvalue weighted by molar-refractivity contribution is 7.92. The Morgan fingerprint density at radius 1 is 1.13 bits per heavy atom. The molecular formula is C17H18FNO3S. The van der Waals surface area contributed by atoms with Crippen molar-refractivity contribution in [3.8, 4) is 5.75 Å². The molecule has 0 aliphatic rings. The van der Waals surface area contributed by atoms with E-state index < -0.39 is 15.8 Å². The van der Waals surface area contributed by atoms with Crippen molar-refractivity contribution in [3.63, 3.8) is 0 Å². The monoisotopic (exact) mass is 335 g/mol. The van der Waals surface area contributed by atoms with Crippen molar-refractivity contribution in [2.24, 2.45) is 0 Å². The molecule has 2 rings (SSSR count). The van der Waals surface area contributed by atoms with Crippen LogP contribution in [0.1, 0.15) is 6.92 Å². The van der Waals surface area contributed by atoms with Gasteiger partial charge >= 0.3 is 0 Å². The van der Waals surface area contributed by atoms with Crippen molar-refractivity contribution in [2.75, 3.05) is 17.5 Å². The zero-order chi connectivity index (χ0) is 16.9. The molecular weight excluding hydrogens is 317 g/mol. The van der Waals surface area contributed by atoms with E-state index in [1.807, 2.05) is 0 Å². The lowest BCUT2D eigenvalue weighted by molar-refractivity contribution is 0.363. The Bertz CT molecular complexity index is 755. The lowest BCUT2D eigenvalue weighted by Crippen LogP contribution is -2.30. The second kappa shape index (κ2) is 7.28. The quantitative estimate of drug-likeness (QED) is 0.726. The maximum Gasteiger partial charge on any atom is 0.264 e. The van der Waals surface area contributed by atoms with Crippen molar-refractivity contribution in [2.45, 2.75) is 11.8 Å². The van der Waals surface area contributed by atoms with Crippen LogP contribution >= 0.6 is 0 Å². The van der Waals surface area contributed by atoms with Crippen LogP contribution in [-0.4, -0.2) is 21.6 Å². The van der Waals surface area contributed by atoms with Gasteiger partial charge in [0.25, 0.3) is 10.0 Å². The molecule has 0 N–H and O–H groups in total. The first-order chi connectivity index (χ1) is 11.0. The van der Waals surface area contributed by atoms with E-state index >= 15 is 0 Å². The molecule has 0 heterocycles. The zero-order valence-corrected chi connectivity index (χ0v) is 13.6. The Kier molecular flexibility index (Phi) is 5.39. The third kappa shape index (κ3) is 3.90. The Morgan fingerprint density at radius 3 is 2.26 bits per heavy atom. The number of sulfonamides is 1. The number of anilines is 1. The second-order valence-corrected chi connectivity index (χ2v) is 6.58. The number of hydrogen-bond acceptors (Lipinski definition) is 3. The average Bonchev–Trinajstić information content (AvgIpc) is 2.55.